The maximum Gasteiger partial charge on any atom is 0.325 e. The van der Waals surface area contributed by atoms with Gasteiger partial charge in [-0.05, 0) is 25.1 Å². The summed E-state index contributed by atoms with van der Waals surface area (Å²) in [5, 5.41) is 12.5. The van der Waals surface area contributed by atoms with E-state index in [1.807, 2.05) is 11.4 Å². The molecule has 0 aromatic heterocycles. The number of carbonyl (C=O) groups is 2. The van der Waals surface area contributed by atoms with Gasteiger partial charge in [-0.1, -0.05) is 11.6 Å². The number of halogens is 2. The molecule has 0 saturated carbocycles. The van der Waals surface area contributed by atoms with Crippen LogP contribution in [0.4, 0.5) is 10.5 Å². The fraction of sp³-hybridized carbons (Fsp3) is 0.182. The van der Waals surface area contributed by atoms with Crippen LogP contribution in [0.3, 0.4) is 0 Å². The predicted octanol–water partition coefficient (Wildman–Crippen LogP) is 2.49. The van der Waals surface area contributed by atoms with Gasteiger partial charge in [-0.25, -0.2) is 4.79 Å². The third-order valence-electron chi connectivity index (χ3n) is 1.95. The van der Waals surface area contributed by atoms with Gasteiger partial charge in [-0.3, -0.25) is 10.1 Å². The minimum atomic E-state index is -0.805. The molecular weight excluding hydrogens is 277 g/mol. The molecule has 94 valence electrons. The topological polar surface area (TPSA) is 82.0 Å². The second-order valence-corrected chi connectivity index (χ2v) is 4.43. The van der Waals surface area contributed by atoms with Crippen LogP contribution in [0.2, 0.25) is 5.02 Å². The molecule has 0 aliphatic heterocycles. The molecule has 0 aliphatic carbocycles. The van der Waals surface area contributed by atoms with E-state index in [2.05, 4.69) is 5.32 Å². The monoisotopic (exact) mass is 285 g/mol. The smallest absolute Gasteiger partial charge is 0.308 e. The zero-order valence-corrected chi connectivity index (χ0v) is 10.8. The highest BCUT2D eigenvalue weighted by Crippen LogP contribution is 2.19. The highest BCUT2D eigenvalue weighted by atomic mass is 35.5. The van der Waals surface area contributed by atoms with E-state index in [1.54, 1.807) is 0 Å². The predicted molar refractivity (Wildman–Crippen MR) is 68.6 cm³/mol. The first-order valence-corrected chi connectivity index (χ1v) is 5.71. The molecule has 7 heteroatoms. The molecule has 1 rings (SSSR count). The summed E-state index contributed by atoms with van der Waals surface area (Å²) in [6.45, 7) is 1.45. The molecule has 2 N–H and O–H groups in total. The first-order chi connectivity index (χ1) is 8.43. The number of urea groups is 1. The first kappa shape index (κ1) is 14.3. The molecule has 0 spiro atoms. The molecular formula is C11H9Cl2N3O2. The van der Waals surface area contributed by atoms with Crippen molar-refractivity contribution in [3.8, 4) is 6.07 Å². The Labute approximate surface area is 114 Å². The molecule has 0 heterocycles. The molecule has 3 amide bonds. The van der Waals surface area contributed by atoms with Gasteiger partial charge < -0.3 is 5.32 Å². The maximum atomic E-state index is 11.4. The normalized spacial score (nSPS) is 11.2. The van der Waals surface area contributed by atoms with E-state index in [4.69, 9.17) is 28.5 Å². The van der Waals surface area contributed by atoms with Crippen LogP contribution in [0.15, 0.2) is 18.2 Å². The van der Waals surface area contributed by atoms with E-state index in [0.717, 1.165) is 0 Å². The number of carbonyl (C=O) groups excluding carboxylic acids is 2. The number of imide groups is 1. The zero-order chi connectivity index (χ0) is 13.7. The maximum absolute atomic E-state index is 11.4. The van der Waals surface area contributed by atoms with E-state index < -0.39 is 17.3 Å². The number of rotatable bonds is 2. The molecule has 1 atom stereocenters. The van der Waals surface area contributed by atoms with Crippen molar-refractivity contribution in [2.45, 2.75) is 12.3 Å². The van der Waals surface area contributed by atoms with Crippen LogP contribution < -0.4 is 10.6 Å². The van der Waals surface area contributed by atoms with Crippen molar-refractivity contribution < 1.29 is 9.59 Å². The fourth-order valence-electron chi connectivity index (χ4n) is 1.06. The van der Waals surface area contributed by atoms with Gasteiger partial charge in [0.2, 0.25) is 5.91 Å². The Morgan fingerprint density at radius 2 is 2.11 bits per heavy atom. The zero-order valence-electron chi connectivity index (χ0n) is 9.33. The fourth-order valence-corrected chi connectivity index (χ4v) is 1.33. The third-order valence-corrected chi connectivity index (χ3v) is 2.46. The van der Waals surface area contributed by atoms with Crippen LogP contribution in [-0.2, 0) is 4.79 Å². The lowest BCUT2D eigenvalue weighted by atomic mass is 10.2. The lowest BCUT2D eigenvalue weighted by Crippen LogP contribution is -2.38. The molecule has 0 saturated heterocycles. The van der Waals surface area contributed by atoms with E-state index in [0.29, 0.717) is 11.3 Å². The van der Waals surface area contributed by atoms with Gasteiger partial charge in [0.15, 0.2) is 0 Å². The number of anilines is 1. The number of nitrogens with one attached hydrogen (secondary N) is 2. The average Bonchev–Trinajstić information content (AvgIpc) is 2.28. The minimum absolute atomic E-state index is 0.215. The summed E-state index contributed by atoms with van der Waals surface area (Å²) >= 11 is 11.3. The van der Waals surface area contributed by atoms with E-state index in [1.165, 1.54) is 25.1 Å². The number of hydrogen-bond donors (Lipinski definition) is 2. The van der Waals surface area contributed by atoms with Crippen molar-refractivity contribution in [1.29, 1.82) is 5.26 Å². The van der Waals surface area contributed by atoms with Crippen molar-refractivity contribution in [1.82, 2.24) is 5.32 Å². The molecule has 1 aromatic rings. The van der Waals surface area contributed by atoms with E-state index in [9.17, 15) is 9.59 Å². The number of nitrogens with zero attached hydrogens (tertiary/aromatic N) is 1. The molecule has 0 fully saturated rings. The summed E-state index contributed by atoms with van der Waals surface area (Å²) in [6, 6.07) is 5.55. The van der Waals surface area contributed by atoms with Gasteiger partial charge in [0.05, 0.1) is 10.6 Å². The van der Waals surface area contributed by atoms with Crippen LogP contribution >= 0.6 is 23.2 Å². The van der Waals surface area contributed by atoms with E-state index in [-0.39, 0.29) is 5.02 Å². The molecule has 0 bridgehead atoms. The Bertz CT molecular complexity index is 524. The summed E-state index contributed by atoms with van der Waals surface area (Å²) in [4.78, 5) is 22.5. The summed E-state index contributed by atoms with van der Waals surface area (Å²) in [5.41, 5.74) is 0.666. The number of alkyl halides is 1. The van der Waals surface area contributed by atoms with Crippen molar-refractivity contribution in [3.05, 3.63) is 28.8 Å². The largest absolute Gasteiger partial charge is 0.325 e. The van der Waals surface area contributed by atoms with Crippen LogP contribution in [0.1, 0.15) is 12.5 Å². The summed E-state index contributed by atoms with van der Waals surface area (Å²) in [5.74, 6) is -0.603. The van der Waals surface area contributed by atoms with Gasteiger partial charge >= 0.3 is 6.03 Å². The number of hydrogen-bond acceptors (Lipinski definition) is 3. The quantitative estimate of drug-likeness (QED) is 0.819. The standard InChI is InChI=1S/C11H9Cl2N3O2/c1-6(12)10(17)16-11(18)15-8-3-2-7(5-14)9(13)4-8/h2-4,6H,1H3,(H2,15,16,17,18). The van der Waals surface area contributed by atoms with Crippen molar-refractivity contribution in [2.24, 2.45) is 0 Å². The molecule has 1 aromatic carbocycles. The number of amides is 3. The third kappa shape index (κ3) is 3.91. The highest BCUT2D eigenvalue weighted by Gasteiger charge is 2.13. The minimum Gasteiger partial charge on any atom is -0.308 e. The Kier molecular flexibility index (Phi) is 4.95. The lowest BCUT2D eigenvalue weighted by molar-refractivity contribution is -0.119. The Morgan fingerprint density at radius 3 is 2.61 bits per heavy atom. The molecule has 5 nitrogen and oxygen atoms in total. The second kappa shape index (κ2) is 6.24. The van der Waals surface area contributed by atoms with Crippen molar-refractivity contribution in [3.63, 3.8) is 0 Å². The lowest BCUT2D eigenvalue weighted by Gasteiger charge is -2.08. The molecule has 0 aliphatic rings. The first-order valence-electron chi connectivity index (χ1n) is 4.89. The SMILES string of the molecule is CC(Cl)C(=O)NC(=O)Nc1ccc(C#N)c(Cl)c1. The van der Waals surface area contributed by atoms with Gasteiger partial charge in [-0.2, -0.15) is 5.26 Å². The Balaban J connectivity index is 2.69. The van der Waals surface area contributed by atoms with Crippen LogP contribution in [-0.4, -0.2) is 17.3 Å². The summed E-state index contributed by atoms with van der Waals surface area (Å²) in [7, 11) is 0. The molecule has 18 heavy (non-hydrogen) atoms. The van der Waals surface area contributed by atoms with E-state index >= 15 is 0 Å². The summed E-state index contributed by atoms with van der Waals surface area (Å²) < 4.78 is 0. The average molecular weight is 286 g/mol. The van der Waals surface area contributed by atoms with Crippen LogP contribution in [0.5, 0.6) is 0 Å². The van der Waals surface area contributed by atoms with Gasteiger partial charge in [-0.15, -0.1) is 11.6 Å². The van der Waals surface area contributed by atoms with Gasteiger partial charge in [0.25, 0.3) is 0 Å². The molecule has 1 unspecified atom stereocenters. The van der Waals surface area contributed by atoms with Crippen molar-refractivity contribution >= 4 is 40.8 Å². The Morgan fingerprint density at radius 1 is 1.44 bits per heavy atom. The van der Waals surface area contributed by atoms with Gasteiger partial charge in [0.1, 0.15) is 11.4 Å². The highest BCUT2D eigenvalue weighted by molar-refractivity contribution is 6.32. The molecule has 0 radical (unpaired) electrons. The second-order valence-electron chi connectivity index (χ2n) is 3.37. The van der Waals surface area contributed by atoms with Crippen LogP contribution in [0, 0.1) is 11.3 Å². The summed E-state index contributed by atoms with van der Waals surface area (Å²) in [6.07, 6.45) is 0. The van der Waals surface area contributed by atoms with Gasteiger partial charge in [0, 0.05) is 5.69 Å². The number of nitriles is 1. The van der Waals surface area contributed by atoms with Crippen molar-refractivity contribution in [2.75, 3.05) is 5.32 Å². The van der Waals surface area contributed by atoms with Crippen LogP contribution in [0.25, 0.3) is 0 Å². The number of benzene rings is 1. The Hall–Kier alpha value is -1.77.